The maximum absolute atomic E-state index is 12.9. The lowest BCUT2D eigenvalue weighted by molar-refractivity contribution is 0.0735. The number of hydrogen-bond donors (Lipinski definition) is 2. The van der Waals surface area contributed by atoms with E-state index in [0.29, 0.717) is 11.1 Å². The summed E-state index contributed by atoms with van der Waals surface area (Å²) in [6.07, 6.45) is 1.75. The third-order valence-electron chi connectivity index (χ3n) is 4.53. The molecule has 142 valence electrons. The third-order valence-corrected chi connectivity index (χ3v) is 5.71. The molecule has 0 saturated carbocycles. The van der Waals surface area contributed by atoms with Gasteiger partial charge in [-0.15, -0.1) is 0 Å². The Balaban J connectivity index is 2.46. The Morgan fingerprint density at radius 3 is 2.11 bits per heavy atom. The number of carbonyl (C=O) groups is 1. The molecule has 0 spiro atoms. The summed E-state index contributed by atoms with van der Waals surface area (Å²) in [5.74, 6) is -1.39. The first kappa shape index (κ1) is 19.7. The van der Waals surface area contributed by atoms with Crippen LogP contribution in [0.4, 0.5) is 0 Å². The zero-order chi connectivity index (χ0) is 20.2. The average molecular weight is 430 g/mol. The van der Waals surface area contributed by atoms with Crippen LogP contribution >= 0.6 is 34.8 Å². The zero-order valence-corrected chi connectivity index (χ0v) is 17.1. The highest BCUT2D eigenvalue weighted by Gasteiger charge is 2.35. The number of phenolic OH excluding ortho intramolecular Hbond substituents is 2. The molecule has 0 bridgehead atoms. The lowest BCUT2D eigenvalue weighted by atomic mass is 9.97. The molecule has 0 aliphatic carbocycles. The van der Waals surface area contributed by atoms with Crippen molar-refractivity contribution in [3.63, 3.8) is 0 Å². The summed E-state index contributed by atoms with van der Waals surface area (Å²) in [5, 5.41) is 20.3. The number of halogens is 3. The second kappa shape index (κ2) is 6.82. The summed E-state index contributed by atoms with van der Waals surface area (Å²) in [4.78, 5) is 12.9. The first-order valence-corrected chi connectivity index (χ1v) is 9.03. The third kappa shape index (κ3) is 2.81. The fraction of sp³-hybridized carbons (Fsp3) is 0.211. The van der Waals surface area contributed by atoms with Gasteiger partial charge in [-0.3, -0.25) is 0 Å². The molecular formula is C19H15Cl3O5. The first-order valence-electron chi connectivity index (χ1n) is 7.90. The molecule has 5 nitrogen and oxygen atoms in total. The molecule has 1 heterocycles. The number of phenols is 2. The normalized spacial score (nSPS) is 13.4. The predicted octanol–water partition coefficient (Wildman–Crippen LogP) is 6.42. The molecule has 27 heavy (non-hydrogen) atoms. The minimum absolute atomic E-state index is 0.00961. The van der Waals surface area contributed by atoms with Crippen LogP contribution < -0.4 is 9.47 Å². The fourth-order valence-electron chi connectivity index (χ4n) is 2.85. The second-order valence-electron chi connectivity index (χ2n) is 6.09. The smallest absolute Gasteiger partial charge is 0.347 e. The molecule has 0 fully saturated rings. The summed E-state index contributed by atoms with van der Waals surface area (Å²) in [5.41, 5.74) is 1.48. The molecular weight excluding hydrogens is 415 g/mol. The van der Waals surface area contributed by atoms with Gasteiger partial charge in [0.25, 0.3) is 0 Å². The molecule has 8 heteroatoms. The van der Waals surface area contributed by atoms with Gasteiger partial charge < -0.3 is 19.7 Å². The van der Waals surface area contributed by atoms with Crippen LogP contribution in [0, 0.1) is 13.8 Å². The van der Waals surface area contributed by atoms with Gasteiger partial charge in [-0.25, -0.2) is 4.79 Å². The predicted molar refractivity (Wildman–Crippen MR) is 105 cm³/mol. The molecule has 1 aliphatic rings. The van der Waals surface area contributed by atoms with Crippen molar-refractivity contribution in [3.05, 3.63) is 43.4 Å². The van der Waals surface area contributed by atoms with Crippen molar-refractivity contribution in [2.75, 3.05) is 0 Å². The Kier molecular flexibility index (Phi) is 4.97. The Bertz CT molecular complexity index is 1040. The van der Waals surface area contributed by atoms with Crippen LogP contribution in [-0.2, 0) is 0 Å². The van der Waals surface area contributed by atoms with Crippen LogP contribution in [0.15, 0.2) is 6.08 Å². The largest absolute Gasteiger partial charge is 0.506 e. The van der Waals surface area contributed by atoms with Crippen LogP contribution in [0.2, 0.25) is 15.1 Å². The van der Waals surface area contributed by atoms with E-state index in [1.54, 1.807) is 26.8 Å². The van der Waals surface area contributed by atoms with Gasteiger partial charge in [-0.2, -0.15) is 0 Å². The Morgan fingerprint density at radius 2 is 1.52 bits per heavy atom. The number of ether oxygens (including phenoxy) is 2. The monoisotopic (exact) mass is 428 g/mol. The molecule has 0 amide bonds. The highest BCUT2D eigenvalue weighted by molar-refractivity contribution is 6.39. The van der Waals surface area contributed by atoms with E-state index in [1.165, 1.54) is 6.92 Å². The van der Waals surface area contributed by atoms with Crippen LogP contribution in [0.5, 0.6) is 28.7 Å². The van der Waals surface area contributed by atoms with E-state index in [2.05, 4.69) is 0 Å². The summed E-state index contributed by atoms with van der Waals surface area (Å²) in [7, 11) is 0. The standard InChI is InChI=1S/C19H15Cl3O5/c1-5-6(2)9-12(21)14(23)7(3)10-17(9)26-18-13(22)15(24)11(20)8(4)16(18)27-19(10)25/h5,23-24H,1-4H3. The second-order valence-corrected chi connectivity index (χ2v) is 7.22. The average Bonchev–Trinajstić information content (AvgIpc) is 2.79. The van der Waals surface area contributed by atoms with Crippen LogP contribution in [0.1, 0.15) is 40.9 Å². The van der Waals surface area contributed by atoms with Gasteiger partial charge in [0.1, 0.15) is 16.3 Å². The minimum Gasteiger partial charge on any atom is -0.506 e. The Hall–Kier alpha value is -2.08. The number of esters is 1. The van der Waals surface area contributed by atoms with E-state index >= 15 is 0 Å². The molecule has 0 atom stereocenters. The van der Waals surface area contributed by atoms with Crippen LogP contribution in [0.3, 0.4) is 0 Å². The van der Waals surface area contributed by atoms with Gasteiger partial charge in [0, 0.05) is 16.7 Å². The molecule has 2 N–H and O–H groups in total. The summed E-state index contributed by atoms with van der Waals surface area (Å²) < 4.78 is 11.4. The first-order chi connectivity index (χ1) is 12.6. The zero-order valence-electron chi connectivity index (χ0n) is 14.8. The Labute approximate surface area is 170 Å². The maximum atomic E-state index is 12.9. The lowest BCUT2D eigenvalue weighted by Gasteiger charge is -2.18. The minimum atomic E-state index is -0.765. The number of fused-ring (bicyclic) bond motifs is 2. The van der Waals surface area contributed by atoms with Crippen molar-refractivity contribution in [3.8, 4) is 28.7 Å². The fourth-order valence-corrected chi connectivity index (χ4v) is 3.68. The van der Waals surface area contributed by atoms with E-state index in [9.17, 15) is 15.0 Å². The summed E-state index contributed by atoms with van der Waals surface area (Å²) in [6.45, 7) is 6.61. The van der Waals surface area contributed by atoms with Gasteiger partial charge in [0.2, 0.25) is 0 Å². The van der Waals surface area contributed by atoms with Gasteiger partial charge in [0.05, 0.1) is 10.0 Å². The summed E-state index contributed by atoms with van der Waals surface area (Å²) >= 11 is 18.6. The molecule has 0 aromatic heterocycles. The number of allylic oxidation sites excluding steroid dienone is 2. The number of benzene rings is 2. The SMILES string of the molecule is CC=C(C)c1c(Cl)c(O)c(C)c2c1Oc1c(Cl)c(O)c(Cl)c(C)c1OC2=O. The van der Waals surface area contributed by atoms with Crippen molar-refractivity contribution < 1.29 is 24.5 Å². The number of rotatable bonds is 1. The molecule has 0 radical (unpaired) electrons. The highest BCUT2D eigenvalue weighted by atomic mass is 35.5. The lowest BCUT2D eigenvalue weighted by Crippen LogP contribution is -2.11. The van der Waals surface area contributed by atoms with Crippen molar-refractivity contribution in [2.24, 2.45) is 0 Å². The Morgan fingerprint density at radius 1 is 0.889 bits per heavy atom. The van der Waals surface area contributed by atoms with Crippen LogP contribution in [0.25, 0.3) is 5.57 Å². The quantitative estimate of drug-likeness (QED) is 0.404. The number of aromatic hydroxyl groups is 2. The van der Waals surface area contributed by atoms with Crippen molar-refractivity contribution >= 4 is 46.3 Å². The van der Waals surface area contributed by atoms with E-state index in [1.807, 2.05) is 0 Å². The topological polar surface area (TPSA) is 76.0 Å². The molecule has 2 aromatic rings. The van der Waals surface area contributed by atoms with Crippen molar-refractivity contribution in [2.45, 2.75) is 27.7 Å². The van der Waals surface area contributed by atoms with Gasteiger partial charge in [0.15, 0.2) is 23.0 Å². The van der Waals surface area contributed by atoms with E-state index in [-0.39, 0.29) is 60.5 Å². The molecule has 0 saturated heterocycles. The van der Waals surface area contributed by atoms with E-state index in [4.69, 9.17) is 44.3 Å². The van der Waals surface area contributed by atoms with Gasteiger partial charge >= 0.3 is 5.97 Å². The number of carbonyl (C=O) groups excluding carboxylic acids is 1. The van der Waals surface area contributed by atoms with Gasteiger partial charge in [-0.1, -0.05) is 40.9 Å². The highest BCUT2D eigenvalue weighted by Crippen LogP contribution is 2.55. The molecule has 0 unspecified atom stereocenters. The van der Waals surface area contributed by atoms with Gasteiger partial charge in [-0.05, 0) is 33.3 Å². The van der Waals surface area contributed by atoms with Crippen molar-refractivity contribution in [1.82, 2.24) is 0 Å². The molecule has 1 aliphatic heterocycles. The number of hydrogen-bond acceptors (Lipinski definition) is 5. The summed E-state index contributed by atoms with van der Waals surface area (Å²) in [6, 6.07) is 0. The van der Waals surface area contributed by atoms with Crippen LogP contribution in [-0.4, -0.2) is 16.2 Å². The maximum Gasteiger partial charge on any atom is 0.347 e. The van der Waals surface area contributed by atoms with Crippen molar-refractivity contribution in [1.29, 1.82) is 0 Å². The van der Waals surface area contributed by atoms with E-state index in [0.717, 1.165) is 0 Å². The van der Waals surface area contributed by atoms with E-state index < -0.39 is 5.97 Å². The molecule has 2 aromatic carbocycles. The molecule has 3 rings (SSSR count).